The van der Waals surface area contributed by atoms with Crippen LogP contribution in [0.25, 0.3) is 22.1 Å². The zero-order valence-corrected chi connectivity index (χ0v) is 11.3. The molecule has 100 valence electrons. The maximum Gasteiger partial charge on any atom is 0.200 e. The fourth-order valence-electron chi connectivity index (χ4n) is 2.17. The maximum absolute atomic E-state index is 12.5. The molecule has 3 aromatic rings. The minimum absolute atomic E-state index is 0.0299. The maximum atomic E-state index is 12.5. The van der Waals surface area contributed by atoms with E-state index in [9.17, 15) is 4.79 Å². The van der Waals surface area contributed by atoms with Crippen molar-refractivity contribution in [3.63, 3.8) is 0 Å². The number of methoxy groups -OCH3 is 1. The van der Waals surface area contributed by atoms with Gasteiger partial charge in [-0.2, -0.15) is 0 Å². The minimum Gasteiger partial charge on any atom is -0.497 e. The molecule has 0 N–H and O–H groups in total. The van der Waals surface area contributed by atoms with E-state index in [1.807, 2.05) is 31.2 Å². The summed E-state index contributed by atoms with van der Waals surface area (Å²) in [4.78, 5) is 12.5. The lowest BCUT2D eigenvalue weighted by Crippen LogP contribution is -2.04. The van der Waals surface area contributed by atoms with Gasteiger partial charge in [0.25, 0.3) is 0 Å². The first-order chi connectivity index (χ1) is 9.69. The van der Waals surface area contributed by atoms with Gasteiger partial charge in [-0.3, -0.25) is 4.79 Å². The fourth-order valence-corrected chi connectivity index (χ4v) is 2.17. The van der Waals surface area contributed by atoms with E-state index in [0.29, 0.717) is 22.3 Å². The monoisotopic (exact) mass is 266 g/mol. The first kappa shape index (κ1) is 12.5. The van der Waals surface area contributed by atoms with Crippen LogP contribution in [0.5, 0.6) is 5.75 Å². The smallest absolute Gasteiger partial charge is 0.200 e. The summed E-state index contributed by atoms with van der Waals surface area (Å²) in [5, 5.41) is 0.559. The third kappa shape index (κ3) is 2.07. The molecular weight excluding hydrogens is 252 g/mol. The summed E-state index contributed by atoms with van der Waals surface area (Å²) in [5.74, 6) is 0.670. The van der Waals surface area contributed by atoms with E-state index in [1.165, 1.54) is 6.26 Å². The molecule has 0 aliphatic heterocycles. The Labute approximate surface area is 116 Å². The largest absolute Gasteiger partial charge is 0.497 e. The zero-order chi connectivity index (χ0) is 14.1. The van der Waals surface area contributed by atoms with E-state index in [2.05, 4.69) is 0 Å². The highest BCUT2D eigenvalue weighted by molar-refractivity contribution is 5.82. The van der Waals surface area contributed by atoms with Crippen molar-refractivity contribution in [3.8, 4) is 16.9 Å². The van der Waals surface area contributed by atoms with Gasteiger partial charge < -0.3 is 9.15 Å². The van der Waals surface area contributed by atoms with Crippen LogP contribution >= 0.6 is 0 Å². The Morgan fingerprint density at radius 3 is 2.50 bits per heavy atom. The second-order valence-electron chi connectivity index (χ2n) is 4.71. The molecule has 0 bridgehead atoms. The molecule has 0 aliphatic rings. The molecule has 20 heavy (non-hydrogen) atoms. The van der Waals surface area contributed by atoms with E-state index in [0.717, 1.165) is 11.1 Å². The van der Waals surface area contributed by atoms with E-state index in [-0.39, 0.29) is 5.43 Å². The van der Waals surface area contributed by atoms with Gasteiger partial charge >= 0.3 is 0 Å². The van der Waals surface area contributed by atoms with Gasteiger partial charge in [-0.25, -0.2) is 0 Å². The van der Waals surface area contributed by atoms with Crippen molar-refractivity contribution in [1.82, 2.24) is 0 Å². The number of hydrogen-bond donors (Lipinski definition) is 0. The molecular formula is C17H14O3. The topological polar surface area (TPSA) is 39.4 Å². The van der Waals surface area contributed by atoms with Crippen molar-refractivity contribution >= 4 is 11.0 Å². The van der Waals surface area contributed by atoms with Crippen LogP contribution in [-0.4, -0.2) is 7.11 Å². The van der Waals surface area contributed by atoms with Crippen LogP contribution in [0.4, 0.5) is 0 Å². The first-order valence-electron chi connectivity index (χ1n) is 6.35. The quantitative estimate of drug-likeness (QED) is 0.708. The predicted molar refractivity (Wildman–Crippen MR) is 79.2 cm³/mol. The lowest BCUT2D eigenvalue weighted by atomic mass is 10.0. The lowest BCUT2D eigenvalue weighted by Gasteiger charge is -2.05. The predicted octanol–water partition coefficient (Wildman–Crippen LogP) is 3.78. The highest BCUT2D eigenvalue weighted by Crippen LogP contribution is 2.23. The summed E-state index contributed by atoms with van der Waals surface area (Å²) in [6, 6.07) is 13.0. The van der Waals surface area contributed by atoms with Crippen molar-refractivity contribution in [1.29, 1.82) is 0 Å². The molecule has 2 aromatic carbocycles. The molecule has 3 heteroatoms. The molecule has 0 radical (unpaired) electrons. The van der Waals surface area contributed by atoms with Gasteiger partial charge in [0.1, 0.15) is 17.6 Å². The molecule has 3 nitrogen and oxygen atoms in total. The summed E-state index contributed by atoms with van der Waals surface area (Å²) in [7, 11) is 1.58. The number of aryl methyl sites for hydroxylation is 1. The zero-order valence-electron chi connectivity index (χ0n) is 11.3. The van der Waals surface area contributed by atoms with Crippen molar-refractivity contribution in [2.75, 3.05) is 7.11 Å². The van der Waals surface area contributed by atoms with Gasteiger partial charge in [-0.1, -0.05) is 29.8 Å². The fraction of sp³-hybridized carbons (Fsp3) is 0.118. The number of fused-ring (bicyclic) bond motifs is 1. The summed E-state index contributed by atoms with van der Waals surface area (Å²) < 4.78 is 10.7. The molecule has 1 aromatic heterocycles. The Balaban J connectivity index is 2.21. The third-order valence-electron chi connectivity index (χ3n) is 3.34. The average Bonchev–Trinajstić information content (AvgIpc) is 2.48. The van der Waals surface area contributed by atoms with Crippen LogP contribution in [-0.2, 0) is 0 Å². The Hall–Kier alpha value is -2.55. The van der Waals surface area contributed by atoms with Crippen molar-refractivity contribution < 1.29 is 9.15 Å². The standard InChI is InChI=1S/C17H14O3/c1-11-3-5-12(6-4-11)15-10-20-16-9-13(19-2)7-8-14(16)17(15)18/h3-10H,1-2H3. The van der Waals surface area contributed by atoms with E-state index in [1.54, 1.807) is 25.3 Å². The molecule has 0 spiro atoms. The van der Waals surface area contributed by atoms with Crippen LogP contribution in [0, 0.1) is 6.92 Å². The highest BCUT2D eigenvalue weighted by atomic mass is 16.5. The van der Waals surface area contributed by atoms with E-state index in [4.69, 9.17) is 9.15 Å². The second-order valence-corrected chi connectivity index (χ2v) is 4.71. The van der Waals surface area contributed by atoms with Gasteiger partial charge in [0, 0.05) is 6.07 Å². The molecule has 0 amide bonds. The van der Waals surface area contributed by atoms with Crippen molar-refractivity contribution in [2.45, 2.75) is 6.92 Å². The van der Waals surface area contributed by atoms with Gasteiger partial charge in [-0.15, -0.1) is 0 Å². The Morgan fingerprint density at radius 2 is 1.80 bits per heavy atom. The molecule has 0 unspecified atom stereocenters. The summed E-state index contributed by atoms with van der Waals surface area (Å²) in [5.41, 5.74) is 3.09. The Kier molecular flexibility index (Phi) is 3.03. The van der Waals surface area contributed by atoms with Crippen molar-refractivity contribution in [2.24, 2.45) is 0 Å². The van der Waals surface area contributed by atoms with Crippen molar-refractivity contribution in [3.05, 3.63) is 64.5 Å². The summed E-state index contributed by atoms with van der Waals surface area (Å²) in [6.07, 6.45) is 1.51. The van der Waals surface area contributed by atoms with Crippen LogP contribution < -0.4 is 10.2 Å². The molecule has 0 saturated carbocycles. The molecule has 1 heterocycles. The average molecular weight is 266 g/mol. The first-order valence-corrected chi connectivity index (χ1v) is 6.35. The van der Waals surface area contributed by atoms with Crippen LogP contribution in [0.2, 0.25) is 0 Å². The van der Waals surface area contributed by atoms with Crippen LogP contribution in [0.1, 0.15) is 5.56 Å². The Bertz CT molecular complexity index is 814. The molecule has 0 atom stereocenters. The second kappa shape index (κ2) is 4.85. The van der Waals surface area contributed by atoms with Crippen LogP contribution in [0.15, 0.2) is 57.9 Å². The number of hydrogen-bond acceptors (Lipinski definition) is 3. The normalized spacial score (nSPS) is 10.7. The summed E-state index contributed by atoms with van der Waals surface area (Å²) in [6.45, 7) is 2.01. The third-order valence-corrected chi connectivity index (χ3v) is 3.34. The highest BCUT2D eigenvalue weighted by Gasteiger charge is 2.09. The number of ether oxygens (including phenoxy) is 1. The lowest BCUT2D eigenvalue weighted by molar-refractivity contribution is 0.414. The number of rotatable bonds is 2. The van der Waals surface area contributed by atoms with Gasteiger partial charge in [0.05, 0.1) is 18.1 Å². The SMILES string of the molecule is COc1ccc2c(=O)c(-c3ccc(C)cc3)coc2c1. The molecule has 3 rings (SSSR count). The number of benzene rings is 2. The van der Waals surface area contributed by atoms with Crippen LogP contribution in [0.3, 0.4) is 0 Å². The van der Waals surface area contributed by atoms with Gasteiger partial charge in [-0.05, 0) is 24.6 Å². The van der Waals surface area contributed by atoms with E-state index >= 15 is 0 Å². The van der Waals surface area contributed by atoms with E-state index < -0.39 is 0 Å². The minimum atomic E-state index is -0.0299. The summed E-state index contributed by atoms with van der Waals surface area (Å²) >= 11 is 0. The van der Waals surface area contributed by atoms with Gasteiger partial charge in [0.2, 0.25) is 0 Å². The molecule has 0 fully saturated rings. The van der Waals surface area contributed by atoms with Gasteiger partial charge in [0.15, 0.2) is 5.43 Å². The molecule has 0 saturated heterocycles. The molecule has 0 aliphatic carbocycles. The Morgan fingerprint density at radius 1 is 1.05 bits per heavy atom.